The third kappa shape index (κ3) is 5.83. The van der Waals surface area contributed by atoms with Crippen molar-refractivity contribution in [1.82, 2.24) is 29.7 Å². The molecule has 1 aliphatic carbocycles. The molecule has 5 saturated heterocycles. The number of fused-ring (bicyclic) bond motifs is 5. The van der Waals surface area contributed by atoms with E-state index in [4.69, 9.17) is 36.0 Å². The highest BCUT2D eigenvalue weighted by Gasteiger charge is 2.53. The van der Waals surface area contributed by atoms with E-state index in [0.717, 1.165) is 70.2 Å². The molecule has 4 aromatic rings. The molecule has 2 aromatic heterocycles. The summed E-state index contributed by atoms with van der Waals surface area (Å²) in [6, 6.07) is 12.2. The molecule has 0 N–H and O–H groups in total. The number of piperazine rings is 1. The van der Waals surface area contributed by atoms with Crippen molar-refractivity contribution in [1.29, 1.82) is 0 Å². The summed E-state index contributed by atoms with van der Waals surface area (Å²) in [5, 5.41) is 2.57. The number of aromatic nitrogens is 3. The Morgan fingerprint density at radius 1 is 1.06 bits per heavy atom. The van der Waals surface area contributed by atoms with Crippen LogP contribution in [0.5, 0.6) is 6.01 Å². The first-order chi connectivity index (χ1) is 26.3. The molecular formula is C41H44ClF2N7O3. The number of hydrogen-bond donors (Lipinski definition) is 0. The normalized spacial score (nSPS) is 27.9. The number of carbonyl (C=O) groups is 1. The van der Waals surface area contributed by atoms with Crippen molar-refractivity contribution >= 4 is 45.0 Å². The molecule has 10 nitrogen and oxygen atoms in total. The molecule has 2 bridgehead atoms. The summed E-state index contributed by atoms with van der Waals surface area (Å²) < 4.78 is 43.8. The maximum absolute atomic E-state index is 17.0. The number of benzene rings is 2. The second-order valence-electron chi connectivity index (χ2n) is 16.2. The molecule has 1 amide bonds. The van der Waals surface area contributed by atoms with Gasteiger partial charge in [0.1, 0.15) is 29.8 Å². The Hall–Kier alpha value is -3.97. The van der Waals surface area contributed by atoms with Crippen molar-refractivity contribution in [2.24, 2.45) is 0 Å². The van der Waals surface area contributed by atoms with Crippen LogP contribution in [0.1, 0.15) is 44.9 Å². The average Bonchev–Trinajstić information content (AvgIpc) is 3.63. The minimum Gasteiger partial charge on any atom is -0.461 e. The summed E-state index contributed by atoms with van der Waals surface area (Å²) in [5.74, 6) is -0.0361. The van der Waals surface area contributed by atoms with Crippen molar-refractivity contribution in [3.05, 3.63) is 65.6 Å². The predicted molar refractivity (Wildman–Crippen MR) is 203 cm³/mol. The molecule has 13 heteroatoms. The third-order valence-electron chi connectivity index (χ3n) is 13.0. The number of morpholine rings is 1. The summed E-state index contributed by atoms with van der Waals surface area (Å²) in [6.45, 7) is 5.30. The Morgan fingerprint density at radius 3 is 2.69 bits per heavy atom. The smallest absolute Gasteiger partial charge is 0.319 e. The van der Waals surface area contributed by atoms with Crippen molar-refractivity contribution in [2.45, 2.75) is 74.3 Å². The topological polar surface area (TPSA) is 87.2 Å². The van der Waals surface area contributed by atoms with Crippen molar-refractivity contribution < 1.29 is 23.0 Å². The highest BCUT2D eigenvalue weighted by Crippen LogP contribution is 2.48. The number of ether oxygens (including phenoxy) is 2. The van der Waals surface area contributed by atoms with E-state index in [-0.39, 0.29) is 35.3 Å². The molecule has 0 unspecified atom stereocenters. The van der Waals surface area contributed by atoms with Gasteiger partial charge >= 0.3 is 6.01 Å². The average molecular weight is 756 g/mol. The lowest BCUT2D eigenvalue weighted by Gasteiger charge is -2.43. The zero-order valence-corrected chi connectivity index (χ0v) is 31.0. The number of nitrogens with zero attached hydrogens (tertiary/aromatic N) is 7. The summed E-state index contributed by atoms with van der Waals surface area (Å²) in [5.41, 5.74) is 0.0601. The van der Waals surface area contributed by atoms with E-state index in [1.165, 1.54) is 0 Å². The van der Waals surface area contributed by atoms with Gasteiger partial charge in [0, 0.05) is 79.5 Å². The fraction of sp³-hybridized carbons (Fsp3) is 0.512. The van der Waals surface area contributed by atoms with Gasteiger partial charge in [-0.25, -0.2) is 8.78 Å². The number of rotatable bonds is 8. The molecule has 6 aliphatic rings. The summed E-state index contributed by atoms with van der Waals surface area (Å²) in [7, 11) is 0. The summed E-state index contributed by atoms with van der Waals surface area (Å²) in [4.78, 5) is 36.7. The lowest BCUT2D eigenvalue weighted by Crippen LogP contribution is -2.56. The zero-order chi connectivity index (χ0) is 36.6. The second kappa shape index (κ2) is 13.4. The number of pyridine rings is 1. The molecule has 282 valence electrons. The van der Waals surface area contributed by atoms with Crippen LogP contribution in [0.25, 0.3) is 32.9 Å². The summed E-state index contributed by atoms with van der Waals surface area (Å²) >= 11 is 6.67. The minimum atomic E-state index is -0.904. The molecule has 4 atom stereocenters. The molecule has 54 heavy (non-hydrogen) atoms. The highest BCUT2D eigenvalue weighted by atomic mass is 35.5. The van der Waals surface area contributed by atoms with Gasteiger partial charge in [-0.05, 0) is 56.5 Å². The largest absolute Gasteiger partial charge is 0.461 e. The first-order valence-electron chi connectivity index (χ1n) is 19.4. The first-order valence-corrected chi connectivity index (χ1v) is 19.8. The highest BCUT2D eigenvalue weighted by molar-refractivity contribution is 6.36. The van der Waals surface area contributed by atoms with Crippen LogP contribution in [-0.2, 0) is 9.53 Å². The van der Waals surface area contributed by atoms with Crippen LogP contribution >= 0.6 is 11.6 Å². The quantitative estimate of drug-likeness (QED) is 0.196. The maximum Gasteiger partial charge on any atom is 0.319 e. The van der Waals surface area contributed by atoms with Crippen LogP contribution in [0.4, 0.5) is 14.6 Å². The summed E-state index contributed by atoms with van der Waals surface area (Å²) in [6.07, 6.45) is 10.7. The molecule has 7 heterocycles. The molecule has 10 rings (SSSR count). The molecule has 2 aromatic carbocycles. The number of alkyl halides is 1. The Labute approximate surface area is 318 Å². The lowest BCUT2D eigenvalue weighted by atomic mass is 9.95. The Bertz CT molecular complexity index is 2150. The maximum atomic E-state index is 17.0. The van der Waals surface area contributed by atoms with E-state index in [1.807, 2.05) is 41.3 Å². The van der Waals surface area contributed by atoms with Crippen LogP contribution in [0.3, 0.4) is 0 Å². The molecule has 1 saturated carbocycles. The fourth-order valence-electron chi connectivity index (χ4n) is 10.1. The van der Waals surface area contributed by atoms with Gasteiger partial charge in [0.25, 0.3) is 0 Å². The van der Waals surface area contributed by atoms with Gasteiger partial charge in [0.05, 0.1) is 29.7 Å². The van der Waals surface area contributed by atoms with Gasteiger partial charge in [-0.3, -0.25) is 19.6 Å². The molecular weight excluding hydrogens is 712 g/mol. The third-order valence-corrected chi connectivity index (χ3v) is 13.3. The number of anilines is 1. The number of carbonyl (C=O) groups excluding carboxylic acids is 1. The number of amides is 1. The van der Waals surface area contributed by atoms with Gasteiger partial charge < -0.3 is 19.3 Å². The fourth-order valence-corrected chi connectivity index (χ4v) is 10.4. The molecule has 1 spiro atoms. The van der Waals surface area contributed by atoms with Crippen LogP contribution in [0, 0.1) is 5.82 Å². The van der Waals surface area contributed by atoms with Gasteiger partial charge in [-0.2, -0.15) is 9.97 Å². The number of hydrogen-bond acceptors (Lipinski definition) is 9. The molecule has 0 radical (unpaired) electrons. The van der Waals surface area contributed by atoms with Gasteiger partial charge in [-0.15, -0.1) is 0 Å². The SMILES string of the molecule is O=C(/C=C/CN1[C@@H]2CC[C@H]1COC2)N1CCN(c2nc(OC[C@@]34CCCN3C[C@H](F)C4)nc3c(F)c(-c4cccc5cccc(Cl)c45)ncc23)C2(CC2)C1. The van der Waals surface area contributed by atoms with Gasteiger partial charge in [-0.1, -0.05) is 48.0 Å². The number of halogens is 3. The predicted octanol–water partition coefficient (Wildman–Crippen LogP) is 6.19. The van der Waals surface area contributed by atoms with E-state index in [9.17, 15) is 9.18 Å². The van der Waals surface area contributed by atoms with Crippen molar-refractivity contribution in [3.8, 4) is 17.3 Å². The molecule has 6 fully saturated rings. The Kier molecular flexibility index (Phi) is 8.54. The van der Waals surface area contributed by atoms with E-state index in [0.29, 0.717) is 71.9 Å². The Morgan fingerprint density at radius 2 is 1.87 bits per heavy atom. The Balaban J connectivity index is 0.974. The van der Waals surface area contributed by atoms with Crippen LogP contribution in [0.15, 0.2) is 54.7 Å². The monoisotopic (exact) mass is 755 g/mol. The first kappa shape index (κ1) is 34.5. The second-order valence-corrected chi connectivity index (χ2v) is 16.6. The van der Waals surface area contributed by atoms with E-state index in [1.54, 1.807) is 18.3 Å². The van der Waals surface area contributed by atoms with Crippen molar-refractivity contribution in [3.63, 3.8) is 0 Å². The van der Waals surface area contributed by atoms with Crippen LogP contribution < -0.4 is 9.64 Å². The lowest BCUT2D eigenvalue weighted by molar-refractivity contribution is -0.127. The van der Waals surface area contributed by atoms with Gasteiger partial charge in [0.15, 0.2) is 5.82 Å². The van der Waals surface area contributed by atoms with E-state index < -0.39 is 17.5 Å². The van der Waals surface area contributed by atoms with Crippen LogP contribution in [-0.4, -0.2) is 124 Å². The van der Waals surface area contributed by atoms with Crippen LogP contribution in [0.2, 0.25) is 5.02 Å². The standard InChI is InChI=1S/C41H44ClF2N7O3/c42-32-8-2-6-26-5-1-7-30(34(26)32)36-35(44)37-31(20-45-36)38(47-39(46-37)54-25-41-12-4-15-49(41)21-27(43)19-41)51-18-17-48(24-40(51)13-14-40)33(52)9-3-16-50-28-10-11-29(50)23-53-22-28/h1-3,5-9,20,27-29H,4,10-19,21-25H2/b9-3+/t27-,28-,29+,41+/m1/s1. The van der Waals surface area contributed by atoms with E-state index >= 15 is 4.39 Å². The molecule has 5 aliphatic heterocycles. The van der Waals surface area contributed by atoms with Crippen molar-refractivity contribution in [2.75, 3.05) is 64.0 Å². The minimum absolute atomic E-state index is 0.00676. The van der Waals surface area contributed by atoms with E-state index in [2.05, 4.69) is 14.7 Å². The zero-order valence-electron chi connectivity index (χ0n) is 30.2. The van der Waals surface area contributed by atoms with Gasteiger partial charge in [0.2, 0.25) is 5.91 Å².